The molecule has 0 spiro atoms. The van der Waals surface area contributed by atoms with Crippen molar-refractivity contribution in [2.75, 3.05) is 12.9 Å². The molecule has 0 fully saturated rings. The minimum absolute atomic E-state index is 0.0844. The first-order chi connectivity index (χ1) is 14.6. The predicted octanol–water partition coefficient (Wildman–Crippen LogP) is 4.96. The predicted molar refractivity (Wildman–Crippen MR) is 112 cm³/mol. The number of hydrogen-bond acceptors (Lipinski definition) is 6. The Labute approximate surface area is 176 Å². The van der Waals surface area contributed by atoms with Crippen molar-refractivity contribution in [3.05, 3.63) is 78.0 Å². The first-order valence-electron chi connectivity index (χ1n) is 9.13. The van der Waals surface area contributed by atoms with E-state index in [1.807, 2.05) is 47.9 Å². The lowest BCUT2D eigenvalue weighted by Crippen LogP contribution is -2.06. The van der Waals surface area contributed by atoms with Crippen LogP contribution in [0.5, 0.6) is 5.75 Å². The monoisotopic (exact) mass is 423 g/mol. The molecule has 0 bridgehead atoms. The fourth-order valence-corrected chi connectivity index (χ4v) is 3.86. The molecular weight excluding hydrogens is 405 g/mol. The molecule has 152 valence electrons. The molecule has 0 aliphatic rings. The van der Waals surface area contributed by atoms with Crippen molar-refractivity contribution in [3.8, 4) is 22.8 Å². The quantitative estimate of drug-likeness (QED) is 0.309. The summed E-state index contributed by atoms with van der Waals surface area (Å²) in [5.74, 6) is 0.742. The van der Waals surface area contributed by atoms with Gasteiger partial charge in [-0.25, -0.2) is 4.39 Å². The molecule has 0 aliphatic carbocycles. The third kappa shape index (κ3) is 3.86. The van der Waals surface area contributed by atoms with Crippen LogP contribution in [0.4, 0.5) is 4.39 Å². The SMILES string of the molecule is COc1ccc(C(=O)CSc2nnc(-c3ccoc3C)n2-c2ccccc2)cc1F. The van der Waals surface area contributed by atoms with Gasteiger partial charge in [0.25, 0.3) is 0 Å². The van der Waals surface area contributed by atoms with Gasteiger partial charge in [0.2, 0.25) is 0 Å². The lowest BCUT2D eigenvalue weighted by atomic mass is 10.1. The first kappa shape index (κ1) is 19.9. The zero-order valence-corrected chi connectivity index (χ0v) is 17.1. The Morgan fingerprint density at radius 3 is 2.63 bits per heavy atom. The smallest absolute Gasteiger partial charge is 0.196 e. The maximum absolute atomic E-state index is 13.9. The highest BCUT2D eigenvalue weighted by molar-refractivity contribution is 7.99. The van der Waals surface area contributed by atoms with Crippen LogP contribution < -0.4 is 4.74 Å². The molecular formula is C22H18FN3O3S. The van der Waals surface area contributed by atoms with Crippen LogP contribution in [0.3, 0.4) is 0 Å². The fourth-order valence-electron chi connectivity index (χ4n) is 3.02. The number of Topliss-reactive ketones (excluding diaryl/α,β-unsaturated/α-hetero) is 1. The van der Waals surface area contributed by atoms with Gasteiger partial charge < -0.3 is 9.15 Å². The van der Waals surface area contributed by atoms with E-state index in [9.17, 15) is 9.18 Å². The number of ether oxygens (including phenoxy) is 1. The van der Waals surface area contributed by atoms with Gasteiger partial charge in [-0.15, -0.1) is 10.2 Å². The molecule has 0 unspecified atom stereocenters. The highest BCUT2D eigenvalue weighted by atomic mass is 32.2. The summed E-state index contributed by atoms with van der Waals surface area (Å²) < 4.78 is 26.1. The summed E-state index contributed by atoms with van der Waals surface area (Å²) in [5.41, 5.74) is 1.96. The van der Waals surface area contributed by atoms with Gasteiger partial charge in [0.15, 0.2) is 28.3 Å². The summed E-state index contributed by atoms with van der Waals surface area (Å²) in [6.07, 6.45) is 1.60. The molecule has 0 amide bonds. The molecule has 0 radical (unpaired) electrons. The van der Waals surface area contributed by atoms with Crippen LogP contribution in [0.2, 0.25) is 0 Å². The Balaban J connectivity index is 1.63. The molecule has 30 heavy (non-hydrogen) atoms. The fraction of sp³-hybridized carbons (Fsp3) is 0.136. The highest BCUT2D eigenvalue weighted by Crippen LogP contribution is 2.30. The van der Waals surface area contributed by atoms with Crippen LogP contribution in [-0.4, -0.2) is 33.4 Å². The number of rotatable bonds is 7. The number of para-hydroxylation sites is 1. The summed E-state index contributed by atoms with van der Waals surface area (Å²) in [4.78, 5) is 12.6. The lowest BCUT2D eigenvalue weighted by molar-refractivity contribution is 0.102. The van der Waals surface area contributed by atoms with Crippen LogP contribution in [0, 0.1) is 12.7 Å². The maximum atomic E-state index is 13.9. The van der Waals surface area contributed by atoms with Gasteiger partial charge in [-0.3, -0.25) is 9.36 Å². The van der Waals surface area contributed by atoms with Crippen LogP contribution in [0.15, 0.2) is 70.4 Å². The topological polar surface area (TPSA) is 70.2 Å². The van der Waals surface area contributed by atoms with Crippen LogP contribution in [0.25, 0.3) is 17.1 Å². The minimum atomic E-state index is -0.571. The van der Waals surface area contributed by atoms with Crippen molar-refractivity contribution in [3.63, 3.8) is 0 Å². The second-order valence-corrected chi connectivity index (χ2v) is 7.37. The second kappa shape index (κ2) is 8.54. The molecule has 0 atom stereocenters. The number of aromatic nitrogens is 3. The van der Waals surface area contributed by atoms with E-state index in [0.29, 0.717) is 11.0 Å². The third-order valence-electron chi connectivity index (χ3n) is 4.55. The number of thioether (sulfide) groups is 1. The zero-order valence-electron chi connectivity index (χ0n) is 16.3. The van der Waals surface area contributed by atoms with E-state index in [1.165, 1.54) is 31.0 Å². The highest BCUT2D eigenvalue weighted by Gasteiger charge is 2.20. The Kier molecular flexibility index (Phi) is 5.67. The number of furan rings is 1. The molecule has 4 aromatic rings. The van der Waals surface area contributed by atoms with E-state index in [4.69, 9.17) is 9.15 Å². The molecule has 6 nitrogen and oxygen atoms in total. The van der Waals surface area contributed by atoms with E-state index in [0.717, 1.165) is 17.0 Å². The summed E-state index contributed by atoms with van der Waals surface area (Å²) in [7, 11) is 1.38. The van der Waals surface area contributed by atoms with Crippen molar-refractivity contribution < 1.29 is 18.3 Å². The summed E-state index contributed by atoms with van der Waals surface area (Å²) in [6, 6.07) is 15.6. The van der Waals surface area contributed by atoms with E-state index in [-0.39, 0.29) is 22.8 Å². The number of methoxy groups -OCH3 is 1. The maximum Gasteiger partial charge on any atom is 0.196 e. The number of nitrogens with zero attached hydrogens (tertiary/aromatic N) is 3. The van der Waals surface area contributed by atoms with Crippen LogP contribution in [-0.2, 0) is 0 Å². The van der Waals surface area contributed by atoms with Crippen molar-refractivity contribution in [1.29, 1.82) is 0 Å². The van der Waals surface area contributed by atoms with Crippen molar-refractivity contribution in [2.24, 2.45) is 0 Å². The van der Waals surface area contributed by atoms with Crippen LogP contribution in [0.1, 0.15) is 16.1 Å². The van der Waals surface area contributed by atoms with Crippen molar-refractivity contribution in [2.45, 2.75) is 12.1 Å². The Hall–Kier alpha value is -3.39. The molecule has 2 aromatic carbocycles. The van der Waals surface area contributed by atoms with Crippen molar-refractivity contribution in [1.82, 2.24) is 14.8 Å². The van der Waals surface area contributed by atoms with E-state index in [1.54, 1.807) is 12.3 Å². The van der Waals surface area contributed by atoms with Gasteiger partial charge in [-0.05, 0) is 43.3 Å². The van der Waals surface area contributed by atoms with E-state index in [2.05, 4.69) is 10.2 Å². The summed E-state index contributed by atoms with van der Waals surface area (Å²) >= 11 is 1.24. The molecule has 2 heterocycles. The molecule has 0 aliphatic heterocycles. The molecule has 4 rings (SSSR count). The number of benzene rings is 2. The average Bonchev–Trinajstić information content (AvgIpc) is 3.38. The third-order valence-corrected chi connectivity index (χ3v) is 5.48. The Bertz CT molecular complexity index is 1190. The Morgan fingerprint density at radius 1 is 1.17 bits per heavy atom. The minimum Gasteiger partial charge on any atom is -0.494 e. The molecule has 0 saturated heterocycles. The Morgan fingerprint density at radius 2 is 1.97 bits per heavy atom. The molecule has 2 aromatic heterocycles. The number of hydrogen-bond donors (Lipinski definition) is 0. The first-order valence-corrected chi connectivity index (χ1v) is 10.1. The van der Waals surface area contributed by atoms with Crippen molar-refractivity contribution >= 4 is 17.5 Å². The number of halogens is 1. The van der Waals surface area contributed by atoms with Gasteiger partial charge >= 0.3 is 0 Å². The van der Waals surface area contributed by atoms with E-state index < -0.39 is 5.82 Å². The normalized spacial score (nSPS) is 10.9. The van der Waals surface area contributed by atoms with E-state index >= 15 is 0 Å². The summed E-state index contributed by atoms with van der Waals surface area (Å²) in [6.45, 7) is 1.86. The molecule has 8 heteroatoms. The molecule has 0 saturated carbocycles. The van der Waals surface area contributed by atoms with Crippen LogP contribution >= 0.6 is 11.8 Å². The zero-order chi connectivity index (χ0) is 21.1. The van der Waals surface area contributed by atoms with Gasteiger partial charge in [-0.2, -0.15) is 0 Å². The van der Waals surface area contributed by atoms with Gasteiger partial charge in [0, 0.05) is 11.3 Å². The number of carbonyl (C=O) groups is 1. The average molecular weight is 423 g/mol. The van der Waals surface area contributed by atoms with Gasteiger partial charge in [-0.1, -0.05) is 30.0 Å². The largest absolute Gasteiger partial charge is 0.494 e. The lowest BCUT2D eigenvalue weighted by Gasteiger charge is -2.10. The summed E-state index contributed by atoms with van der Waals surface area (Å²) in [5, 5.41) is 9.17. The number of aryl methyl sites for hydroxylation is 1. The second-order valence-electron chi connectivity index (χ2n) is 6.43. The molecule has 0 N–H and O–H groups in total. The standard InChI is InChI=1S/C22H18FN3O3S/c1-14-17(10-11-29-14)21-24-25-22(26(21)16-6-4-3-5-7-16)30-13-19(27)15-8-9-20(28-2)18(23)12-15/h3-12H,13H2,1-2H3. The van der Waals surface area contributed by atoms with Gasteiger partial charge in [0.05, 0.1) is 24.7 Å². The van der Waals surface area contributed by atoms with Gasteiger partial charge in [0.1, 0.15) is 5.76 Å². The number of carbonyl (C=O) groups excluding carboxylic acids is 1. The number of ketones is 1.